The van der Waals surface area contributed by atoms with Gasteiger partial charge in [-0.3, -0.25) is 9.69 Å². The highest BCUT2D eigenvalue weighted by atomic mass is 35.5. The summed E-state index contributed by atoms with van der Waals surface area (Å²) in [4.78, 5) is 15.2. The molecule has 2 aromatic carbocycles. The van der Waals surface area contributed by atoms with Crippen LogP contribution in [0.5, 0.6) is 0 Å². The quantitative estimate of drug-likeness (QED) is 0.654. The van der Waals surface area contributed by atoms with Crippen molar-refractivity contribution in [2.45, 2.75) is 39.5 Å². The molecule has 0 saturated carbocycles. The molecule has 31 heavy (non-hydrogen) atoms. The summed E-state index contributed by atoms with van der Waals surface area (Å²) in [7, 11) is 0. The summed E-state index contributed by atoms with van der Waals surface area (Å²) in [5.74, 6) is -1.42. The molecule has 0 radical (unpaired) electrons. The summed E-state index contributed by atoms with van der Waals surface area (Å²) in [6.45, 7) is 6.02. The van der Waals surface area contributed by atoms with E-state index in [1.807, 2.05) is 45.0 Å². The second-order valence-corrected chi connectivity index (χ2v) is 9.36. The van der Waals surface area contributed by atoms with Gasteiger partial charge in [0.1, 0.15) is 11.6 Å². The van der Waals surface area contributed by atoms with Crippen LogP contribution in [0.2, 0.25) is 5.02 Å². The van der Waals surface area contributed by atoms with E-state index >= 15 is 0 Å². The highest BCUT2D eigenvalue weighted by molar-refractivity contribution is 6.31. The number of aryl methyl sites for hydroxylation is 1. The highest BCUT2D eigenvalue weighted by Gasteiger charge is 2.45. The molecule has 1 atom stereocenters. The second-order valence-electron chi connectivity index (χ2n) is 8.95. The van der Waals surface area contributed by atoms with E-state index in [2.05, 4.69) is 6.07 Å². The largest absolute Gasteiger partial charge is 0.384 e. The molecule has 0 bridgehead atoms. The lowest BCUT2D eigenvalue weighted by atomic mass is 9.68. The van der Waals surface area contributed by atoms with Gasteiger partial charge in [0.05, 0.1) is 17.6 Å². The molecular weight excluding hydrogens is 413 g/mol. The molecule has 1 heterocycles. The van der Waals surface area contributed by atoms with Crippen molar-refractivity contribution in [3.8, 4) is 6.07 Å². The van der Waals surface area contributed by atoms with E-state index in [4.69, 9.17) is 17.3 Å². The Morgan fingerprint density at radius 1 is 1.19 bits per heavy atom. The van der Waals surface area contributed by atoms with E-state index in [-0.39, 0.29) is 33.2 Å². The number of Topliss-reactive ketones (excluding diaryl/α,β-unsaturated/α-hetero) is 1. The topological polar surface area (TPSA) is 70.1 Å². The zero-order chi connectivity index (χ0) is 22.5. The normalized spacial score (nSPS) is 20.6. The van der Waals surface area contributed by atoms with E-state index in [1.54, 1.807) is 11.0 Å². The lowest BCUT2D eigenvalue weighted by Crippen LogP contribution is -2.42. The molecule has 0 aromatic heterocycles. The van der Waals surface area contributed by atoms with Gasteiger partial charge in [-0.25, -0.2) is 4.39 Å². The van der Waals surface area contributed by atoms with Gasteiger partial charge in [0.15, 0.2) is 5.78 Å². The maximum Gasteiger partial charge on any atom is 0.162 e. The maximum atomic E-state index is 15.0. The van der Waals surface area contributed by atoms with Crippen LogP contribution < -0.4 is 10.6 Å². The number of hydrogen-bond acceptors (Lipinski definition) is 4. The van der Waals surface area contributed by atoms with Gasteiger partial charge in [-0.2, -0.15) is 5.26 Å². The van der Waals surface area contributed by atoms with Crippen LogP contribution in [0.3, 0.4) is 0 Å². The van der Waals surface area contributed by atoms with Crippen molar-refractivity contribution < 1.29 is 9.18 Å². The lowest BCUT2D eigenvalue weighted by molar-refractivity contribution is -0.118. The Morgan fingerprint density at radius 2 is 1.87 bits per heavy atom. The van der Waals surface area contributed by atoms with Crippen LogP contribution in [-0.4, -0.2) is 5.78 Å². The number of nitriles is 1. The van der Waals surface area contributed by atoms with Crippen molar-refractivity contribution in [1.82, 2.24) is 0 Å². The number of halogens is 2. The Bertz CT molecular complexity index is 1170. The molecule has 0 fully saturated rings. The number of carbonyl (C=O) groups excluding carboxylic acids is 1. The van der Waals surface area contributed by atoms with Crippen molar-refractivity contribution in [3.63, 3.8) is 0 Å². The third-order valence-electron chi connectivity index (χ3n) is 5.96. The number of hydrogen-bond donors (Lipinski definition) is 1. The summed E-state index contributed by atoms with van der Waals surface area (Å²) in [6.07, 6.45) is 0.860. The highest BCUT2D eigenvalue weighted by Crippen LogP contribution is 2.51. The fraction of sp³-hybridized carbons (Fsp3) is 0.280. The summed E-state index contributed by atoms with van der Waals surface area (Å²) in [5, 5.41) is 10.2. The van der Waals surface area contributed by atoms with E-state index in [9.17, 15) is 14.4 Å². The number of anilines is 1. The molecular formula is C25H23ClFN3O. The average molecular weight is 436 g/mol. The standard InChI is InChI=1S/C25H23ClFN3O/c1-14-7-9-15(10-8-14)30-19-11-25(2,3)12-20(31)23(19)21(16(13-28)24(30)29)22-17(26)5-4-6-18(22)27/h4-10,21H,11-12,29H2,1-3H3. The number of rotatable bonds is 2. The molecule has 2 aliphatic rings. The van der Waals surface area contributed by atoms with Crippen molar-refractivity contribution in [2.24, 2.45) is 11.1 Å². The molecule has 1 aliphatic heterocycles. The van der Waals surface area contributed by atoms with Crippen molar-refractivity contribution in [2.75, 3.05) is 4.90 Å². The van der Waals surface area contributed by atoms with Crippen LogP contribution in [0.4, 0.5) is 10.1 Å². The number of nitrogens with zero attached hydrogens (tertiary/aromatic N) is 2. The Labute approximate surface area is 186 Å². The maximum absolute atomic E-state index is 15.0. The van der Waals surface area contributed by atoms with E-state index in [0.717, 1.165) is 11.3 Å². The Hall–Kier alpha value is -3.10. The molecule has 0 amide bonds. The first kappa shape index (κ1) is 21.1. The number of carbonyl (C=O) groups is 1. The number of benzene rings is 2. The molecule has 1 unspecified atom stereocenters. The SMILES string of the molecule is Cc1ccc(N2C(N)=C(C#N)C(c3c(F)cccc3Cl)C3=C2CC(C)(C)CC3=O)cc1. The van der Waals surface area contributed by atoms with E-state index in [0.29, 0.717) is 24.1 Å². The van der Waals surface area contributed by atoms with Gasteiger partial charge < -0.3 is 5.73 Å². The predicted octanol–water partition coefficient (Wildman–Crippen LogP) is 5.73. The van der Waals surface area contributed by atoms with Gasteiger partial charge in [0, 0.05) is 34.0 Å². The number of ketones is 1. The molecule has 4 rings (SSSR count). The fourth-order valence-corrected chi connectivity index (χ4v) is 4.84. The molecule has 4 nitrogen and oxygen atoms in total. The van der Waals surface area contributed by atoms with Crippen LogP contribution in [-0.2, 0) is 4.79 Å². The summed E-state index contributed by atoms with van der Waals surface area (Å²) < 4.78 is 15.0. The Kier molecular flexibility index (Phi) is 5.15. The fourth-order valence-electron chi connectivity index (χ4n) is 4.57. The van der Waals surface area contributed by atoms with Crippen molar-refractivity contribution in [3.05, 3.63) is 87.1 Å². The van der Waals surface area contributed by atoms with Crippen LogP contribution in [0.15, 0.2) is 65.1 Å². The van der Waals surface area contributed by atoms with Gasteiger partial charge in [0.25, 0.3) is 0 Å². The molecule has 2 N–H and O–H groups in total. The smallest absolute Gasteiger partial charge is 0.162 e. The molecule has 6 heteroatoms. The summed E-state index contributed by atoms with van der Waals surface area (Å²) in [5.41, 5.74) is 9.42. The van der Waals surface area contributed by atoms with Crippen LogP contribution in [0.1, 0.15) is 43.7 Å². The van der Waals surface area contributed by atoms with Gasteiger partial charge in [0.2, 0.25) is 0 Å². The minimum Gasteiger partial charge on any atom is -0.384 e. The second kappa shape index (κ2) is 7.55. The van der Waals surface area contributed by atoms with E-state index in [1.165, 1.54) is 12.1 Å². The van der Waals surface area contributed by atoms with E-state index < -0.39 is 11.7 Å². The third-order valence-corrected chi connectivity index (χ3v) is 6.29. The van der Waals surface area contributed by atoms with Gasteiger partial charge >= 0.3 is 0 Å². The molecule has 0 saturated heterocycles. The Balaban J connectivity index is 2.04. The average Bonchev–Trinajstić information content (AvgIpc) is 2.68. The first-order chi connectivity index (χ1) is 14.6. The minimum absolute atomic E-state index is 0.118. The van der Waals surface area contributed by atoms with Gasteiger partial charge in [-0.05, 0) is 43.0 Å². The van der Waals surface area contributed by atoms with Crippen molar-refractivity contribution >= 4 is 23.1 Å². The predicted molar refractivity (Wildman–Crippen MR) is 120 cm³/mol. The summed E-state index contributed by atoms with van der Waals surface area (Å²) >= 11 is 6.38. The van der Waals surface area contributed by atoms with Crippen LogP contribution in [0.25, 0.3) is 0 Å². The first-order valence-corrected chi connectivity index (χ1v) is 10.5. The molecule has 158 valence electrons. The monoisotopic (exact) mass is 435 g/mol. The number of nitrogens with two attached hydrogens (primary N) is 1. The van der Waals surface area contributed by atoms with Crippen molar-refractivity contribution in [1.29, 1.82) is 5.26 Å². The minimum atomic E-state index is -0.931. The third kappa shape index (κ3) is 3.51. The summed E-state index contributed by atoms with van der Waals surface area (Å²) in [6, 6.07) is 14.2. The molecule has 2 aromatic rings. The van der Waals surface area contributed by atoms with Crippen LogP contribution in [0, 0.1) is 29.5 Å². The lowest BCUT2D eigenvalue weighted by Gasteiger charge is -2.44. The van der Waals surface area contributed by atoms with Crippen LogP contribution >= 0.6 is 11.6 Å². The molecule has 0 spiro atoms. The zero-order valence-electron chi connectivity index (χ0n) is 17.7. The zero-order valence-corrected chi connectivity index (χ0v) is 18.4. The Morgan fingerprint density at radius 3 is 2.48 bits per heavy atom. The molecule has 1 aliphatic carbocycles. The number of allylic oxidation sites excluding steroid dienone is 3. The van der Waals surface area contributed by atoms with Gasteiger partial charge in [-0.15, -0.1) is 0 Å². The van der Waals surface area contributed by atoms with Gasteiger partial charge in [-0.1, -0.05) is 49.2 Å². The first-order valence-electron chi connectivity index (χ1n) is 10.1.